The Morgan fingerprint density at radius 2 is 2.19 bits per heavy atom. The quantitative estimate of drug-likeness (QED) is 0.701. The van der Waals surface area contributed by atoms with Gasteiger partial charge in [0.2, 0.25) is 0 Å². The van der Waals surface area contributed by atoms with Gasteiger partial charge < -0.3 is 14.9 Å². The summed E-state index contributed by atoms with van der Waals surface area (Å²) in [4.78, 5) is 21.6. The smallest absolute Gasteiger partial charge is 0.335 e. The third kappa shape index (κ3) is 2.73. The van der Waals surface area contributed by atoms with Crippen LogP contribution in [0.2, 0.25) is 0 Å². The van der Waals surface area contributed by atoms with Crippen LogP contribution >= 0.6 is 0 Å². The molecule has 1 aliphatic rings. The first-order valence-electron chi connectivity index (χ1n) is 4.74. The van der Waals surface area contributed by atoms with Gasteiger partial charge >= 0.3 is 11.9 Å². The molecule has 0 spiro atoms. The van der Waals surface area contributed by atoms with Crippen LogP contribution in [-0.4, -0.2) is 28.8 Å². The second-order valence-corrected chi connectivity index (χ2v) is 3.15. The van der Waals surface area contributed by atoms with Crippen LogP contribution in [0.1, 0.15) is 6.92 Å². The molecule has 0 fully saturated rings. The highest BCUT2D eigenvalue weighted by molar-refractivity contribution is 5.92. The first-order chi connectivity index (χ1) is 7.56. The minimum Gasteiger partial charge on any atom is -0.501 e. The summed E-state index contributed by atoms with van der Waals surface area (Å²) >= 11 is 0. The number of rotatable bonds is 4. The molecule has 0 heterocycles. The normalized spacial score (nSPS) is 21.7. The summed E-state index contributed by atoms with van der Waals surface area (Å²) in [5.74, 6) is -2.99. The fourth-order valence-electron chi connectivity index (χ4n) is 1.27. The SMILES string of the molecule is CCOC=C1C=C(C(=O)O)C=CC1C(=O)O. The van der Waals surface area contributed by atoms with Gasteiger partial charge in [-0.1, -0.05) is 12.2 Å². The Morgan fingerprint density at radius 3 is 2.69 bits per heavy atom. The molecule has 5 heteroatoms. The first-order valence-corrected chi connectivity index (χ1v) is 4.74. The standard InChI is InChI=1S/C11H12O5/c1-2-16-6-8-5-7(10(12)13)3-4-9(8)11(14)15/h3-6,9H,2H2,1H3,(H,12,13)(H,14,15). The molecular weight excluding hydrogens is 212 g/mol. The Hall–Kier alpha value is -2.04. The molecule has 0 bridgehead atoms. The zero-order valence-electron chi connectivity index (χ0n) is 8.71. The number of allylic oxidation sites excluding steroid dienone is 1. The summed E-state index contributed by atoms with van der Waals surface area (Å²) in [7, 11) is 0. The van der Waals surface area contributed by atoms with Crippen LogP contribution in [0, 0.1) is 5.92 Å². The molecule has 0 aromatic carbocycles. The maximum Gasteiger partial charge on any atom is 0.335 e. The lowest BCUT2D eigenvalue weighted by Crippen LogP contribution is -2.17. The Morgan fingerprint density at radius 1 is 1.50 bits per heavy atom. The second-order valence-electron chi connectivity index (χ2n) is 3.15. The van der Waals surface area contributed by atoms with Crippen molar-refractivity contribution in [1.29, 1.82) is 0 Å². The fourth-order valence-corrected chi connectivity index (χ4v) is 1.27. The number of carboxylic acid groups (broad SMARTS) is 2. The summed E-state index contributed by atoms with van der Waals surface area (Å²) < 4.78 is 4.98. The lowest BCUT2D eigenvalue weighted by atomic mass is 9.92. The summed E-state index contributed by atoms with van der Waals surface area (Å²) in [5, 5.41) is 17.7. The summed E-state index contributed by atoms with van der Waals surface area (Å²) in [6, 6.07) is 0. The number of ether oxygens (including phenoxy) is 1. The fraction of sp³-hybridized carbons (Fsp3) is 0.273. The van der Waals surface area contributed by atoms with E-state index in [0.717, 1.165) is 0 Å². The second kappa shape index (κ2) is 5.16. The van der Waals surface area contributed by atoms with Crippen molar-refractivity contribution in [3.05, 3.63) is 35.6 Å². The Kier molecular flexibility index (Phi) is 3.88. The third-order valence-corrected chi connectivity index (χ3v) is 2.05. The number of carbonyl (C=O) groups is 2. The molecule has 0 aliphatic heterocycles. The van der Waals surface area contributed by atoms with Crippen molar-refractivity contribution in [2.45, 2.75) is 6.92 Å². The van der Waals surface area contributed by atoms with Gasteiger partial charge in [-0.2, -0.15) is 0 Å². The van der Waals surface area contributed by atoms with E-state index in [1.165, 1.54) is 24.5 Å². The molecule has 1 aliphatic carbocycles. The lowest BCUT2D eigenvalue weighted by molar-refractivity contribution is -0.139. The average Bonchev–Trinajstić information content (AvgIpc) is 2.25. The van der Waals surface area contributed by atoms with Crippen LogP contribution in [0.25, 0.3) is 0 Å². The van der Waals surface area contributed by atoms with Gasteiger partial charge in [-0.3, -0.25) is 4.79 Å². The highest BCUT2D eigenvalue weighted by Gasteiger charge is 2.23. The van der Waals surface area contributed by atoms with E-state index in [0.29, 0.717) is 12.2 Å². The number of hydrogen-bond acceptors (Lipinski definition) is 3. The van der Waals surface area contributed by atoms with Crippen LogP contribution in [0.3, 0.4) is 0 Å². The van der Waals surface area contributed by atoms with Gasteiger partial charge in [-0.05, 0) is 13.0 Å². The van der Waals surface area contributed by atoms with Gasteiger partial charge in [0.15, 0.2) is 0 Å². The van der Waals surface area contributed by atoms with Gasteiger partial charge in [-0.25, -0.2) is 4.79 Å². The lowest BCUT2D eigenvalue weighted by Gasteiger charge is -2.14. The van der Waals surface area contributed by atoms with Crippen LogP contribution in [0.15, 0.2) is 35.6 Å². The zero-order chi connectivity index (χ0) is 12.1. The third-order valence-electron chi connectivity index (χ3n) is 2.05. The van der Waals surface area contributed by atoms with E-state index in [9.17, 15) is 9.59 Å². The molecule has 2 N–H and O–H groups in total. The predicted octanol–water partition coefficient (Wildman–Crippen LogP) is 1.19. The van der Waals surface area contributed by atoms with Crippen molar-refractivity contribution < 1.29 is 24.5 Å². The van der Waals surface area contributed by atoms with E-state index < -0.39 is 17.9 Å². The number of aliphatic carboxylic acids is 2. The van der Waals surface area contributed by atoms with Crippen molar-refractivity contribution in [3.63, 3.8) is 0 Å². The van der Waals surface area contributed by atoms with Crippen molar-refractivity contribution in [1.82, 2.24) is 0 Å². The van der Waals surface area contributed by atoms with Crippen molar-refractivity contribution in [2.24, 2.45) is 5.92 Å². The van der Waals surface area contributed by atoms with Crippen molar-refractivity contribution in [2.75, 3.05) is 6.61 Å². The van der Waals surface area contributed by atoms with Crippen LogP contribution in [0.4, 0.5) is 0 Å². The summed E-state index contributed by atoms with van der Waals surface area (Å²) in [6.45, 7) is 2.16. The maximum absolute atomic E-state index is 10.9. The number of hydrogen-bond donors (Lipinski definition) is 2. The zero-order valence-corrected chi connectivity index (χ0v) is 8.71. The number of carboxylic acids is 2. The van der Waals surface area contributed by atoms with Crippen LogP contribution in [0.5, 0.6) is 0 Å². The van der Waals surface area contributed by atoms with Crippen molar-refractivity contribution in [3.8, 4) is 0 Å². The van der Waals surface area contributed by atoms with E-state index >= 15 is 0 Å². The van der Waals surface area contributed by atoms with Crippen molar-refractivity contribution >= 4 is 11.9 Å². The molecule has 0 aromatic heterocycles. The van der Waals surface area contributed by atoms with Crippen LogP contribution < -0.4 is 0 Å². The average molecular weight is 224 g/mol. The molecule has 0 saturated carbocycles. The molecule has 0 saturated heterocycles. The Balaban J connectivity index is 3.00. The molecule has 0 radical (unpaired) electrons. The van der Waals surface area contributed by atoms with E-state index in [-0.39, 0.29) is 5.57 Å². The minimum absolute atomic E-state index is 0.0449. The first kappa shape index (κ1) is 12.0. The Bertz CT molecular complexity index is 389. The molecule has 0 amide bonds. The van der Waals surface area contributed by atoms with E-state index in [4.69, 9.17) is 14.9 Å². The predicted molar refractivity (Wildman–Crippen MR) is 55.7 cm³/mol. The van der Waals surface area contributed by atoms with Crippen LogP contribution in [-0.2, 0) is 14.3 Å². The molecule has 1 atom stereocenters. The maximum atomic E-state index is 10.9. The van der Waals surface area contributed by atoms with Gasteiger partial charge in [0.05, 0.1) is 18.4 Å². The largest absolute Gasteiger partial charge is 0.501 e. The minimum atomic E-state index is -1.09. The molecule has 5 nitrogen and oxygen atoms in total. The topological polar surface area (TPSA) is 83.8 Å². The van der Waals surface area contributed by atoms with E-state index in [1.54, 1.807) is 6.92 Å². The van der Waals surface area contributed by atoms with Gasteiger partial charge in [0.25, 0.3) is 0 Å². The monoisotopic (exact) mass is 224 g/mol. The molecular formula is C11H12O5. The highest BCUT2D eigenvalue weighted by Crippen LogP contribution is 2.23. The molecule has 86 valence electrons. The van der Waals surface area contributed by atoms with E-state index in [2.05, 4.69) is 0 Å². The van der Waals surface area contributed by atoms with E-state index in [1.807, 2.05) is 0 Å². The van der Waals surface area contributed by atoms with Gasteiger partial charge in [0, 0.05) is 5.57 Å². The molecule has 1 unspecified atom stereocenters. The highest BCUT2D eigenvalue weighted by atomic mass is 16.5. The summed E-state index contributed by atoms with van der Waals surface area (Å²) in [5.41, 5.74) is 0.373. The van der Waals surface area contributed by atoms with Gasteiger partial charge in [0.1, 0.15) is 5.92 Å². The Labute approximate surface area is 92.3 Å². The summed E-state index contributed by atoms with van der Waals surface area (Å²) in [6.07, 6.45) is 5.20. The molecule has 16 heavy (non-hydrogen) atoms. The van der Waals surface area contributed by atoms with Gasteiger partial charge in [-0.15, -0.1) is 0 Å². The molecule has 1 rings (SSSR count). The molecule has 0 aromatic rings.